The van der Waals surface area contributed by atoms with Gasteiger partial charge < -0.3 is 20.5 Å². The van der Waals surface area contributed by atoms with E-state index in [-0.39, 0.29) is 36.3 Å². The van der Waals surface area contributed by atoms with Crippen LogP contribution < -0.4 is 15.4 Å². The Balaban J connectivity index is 1.33. The van der Waals surface area contributed by atoms with E-state index < -0.39 is 17.6 Å². The fourth-order valence-electron chi connectivity index (χ4n) is 4.99. The van der Waals surface area contributed by atoms with E-state index in [2.05, 4.69) is 30.5 Å². The molecule has 3 N–H and O–H groups in total. The Morgan fingerprint density at radius 1 is 1.12 bits per heavy atom. The summed E-state index contributed by atoms with van der Waals surface area (Å²) < 4.78 is 46.8. The Morgan fingerprint density at radius 2 is 1.98 bits per heavy atom. The van der Waals surface area contributed by atoms with Gasteiger partial charge in [-0.25, -0.2) is 15.0 Å². The third-order valence-electron chi connectivity index (χ3n) is 7.27. The summed E-state index contributed by atoms with van der Waals surface area (Å²) in [5, 5.41) is 15.3. The molecule has 1 saturated heterocycles. The van der Waals surface area contributed by atoms with E-state index in [4.69, 9.17) is 4.74 Å². The van der Waals surface area contributed by atoms with Crippen molar-refractivity contribution < 1.29 is 27.8 Å². The van der Waals surface area contributed by atoms with Crippen LogP contribution in [0.15, 0.2) is 73.3 Å². The summed E-state index contributed by atoms with van der Waals surface area (Å²) in [6.07, 6.45) is 1.87. The molecule has 224 valence electrons. The second-order valence-electron chi connectivity index (χ2n) is 10.2. The minimum Gasteiger partial charge on any atom is -0.492 e. The van der Waals surface area contributed by atoms with Gasteiger partial charge in [-0.15, -0.1) is 0 Å². The van der Waals surface area contributed by atoms with Crippen LogP contribution in [0.3, 0.4) is 0 Å². The highest BCUT2D eigenvalue weighted by Gasteiger charge is 2.32. The number of benzene rings is 2. The number of amides is 1. The Morgan fingerprint density at radius 3 is 2.74 bits per heavy atom. The van der Waals surface area contributed by atoms with Crippen molar-refractivity contribution in [3.63, 3.8) is 0 Å². The number of nitrogens with one attached hydrogen (secondary N) is 2. The number of pyridine rings is 1. The summed E-state index contributed by atoms with van der Waals surface area (Å²) in [6.45, 7) is 3.30. The van der Waals surface area contributed by atoms with Crippen LogP contribution in [0, 0.1) is 6.92 Å². The first-order chi connectivity index (χ1) is 20.7. The molecule has 0 spiro atoms. The molecule has 1 aliphatic heterocycles. The highest BCUT2D eigenvalue weighted by molar-refractivity contribution is 6.05. The van der Waals surface area contributed by atoms with E-state index in [0.717, 1.165) is 42.6 Å². The SMILES string of the molecule is Cc1ccc(C(=O)Nc2cc(OCCN3CCC[C@H]3CO)cc(C(F)(F)F)c2)cc1Nc1ncccc1-c1ccncn1. The lowest BCUT2D eigenvalue weighted by atomic mass is 10.1. The number of aliphatic hydroxyl groups excluding tert-OH is 1. The number of anilines is 3. The van der Waals surface area contributed by atoms with E-state index in [1.54, 1.807) is 42.7 Å². The van der Waals surface area contributed by atoms with Gasteiger partial charge in [0.05, 0.1) is 17.9 Å². The molecule has 1 amide bonds. The van der Waals surface area contributed by atoms with Crippen molar-refractivity contribution in [3.05, 3.63) is 90.0 Å². The van der Waals surface area contributed by atoms with Gasteiger partial charge in [0.25, 0.3) is 5.91 Å². The molecule has 12 heteroatoms. The Bertz CT molecular complexity index is 1570. The highest BCUT2D eigenvalue weighted by atomic mass is 19.4. The third kappa shape index (κ3) is 7.46. The monoisotopic (exact) mass is 592 g/mol. The number of ether oxygens (including phenoxy) is 1. The lowest BCUT2D eigenvalue weighted by Gasteiger charge is -2.22. The number of halogens is 3. The topological polar surface area (TPSA) is 112 Å². The summed E-state index contributed by atoms with van der Waals surface area (Å²) in [5.41, 5.74) is 2.06. The van der Waals surface area contributed by atoms with Gasteiger partial charge in [-0.3, -0.25) is 9.69 Å². The highest BCUT2D eigenvalue weighted by Crippen LogP contribution is 2.35. The van der Waals surface area contributed by atoms with Gasteiger partial charge in [0.15, 0.2) is 0 Å². The predicted octanol–water partition coefficient (Wildman–Crippen LogP) is 5.70. The minimum atomic E-state index is -4.64. The van der Waals surface area contributed by atoms with Crippen molar-refractivity contribution in [2.75, 3.05) is 36.9 Å². The molecule has 9 nitrogen and oxygen atoms in total. The van der Waals surface area contributed by atoms with E-state index >= 15 is 0 Å². The molecular formula is C31H31F3N6O3. The summed E-state index contributed by atoms with van der Waals surface area (Å²) in [4.78, 5) is 27.9. The fourth-order valence-corrected chi connectivity index (χ4v) is 4.99. The molecule has 0 radical (unpaired) electrons. The molecule has 1 fully saturated rings. The predicted molar refractivity (Wildman–Crippen MR) is 156 cm³/mol. The number of hydrogen-bond donors (Lipinski definition) is 3. The molecule has 1 atom stereocenters. The van der Waals surface area contributed by atoms with Crippen LogP contribution in [0.1, 0.15) is 34.3 Å². The van der Waals surface area contributed by atoms with E-state index in [1.165, 1.54) is 12.4 Å². The zero-order chi connectivity index (χ0) is 30.4. The standard InChI is InChI=1S/C31H31F3N6O3/c1-20-6-7-21(14-28(20)39-29-26(5-2-9-36-29)27-8-10-35-19-37-27)30(42)38-23-15-22(31(32,33)34)16-25(17-23)43-13-12-40-11-3-4-24(40)18-41/h2,5-10,14-17,19,24,41H,3-4,11-13,18H2,1H3,(H,36,39)(H,38,42)/t24-/m0/s1. The molecule has 2 aromatic carbocycles. The second-order valence-corrected chi connectivity index (χ2v) is 10.2. The Labute approximate surface area is 246 Å². The van der Waals surface area contributed by atoms with Gasteiger partial charge in [0.2, 0.25) is 0 Å². The molecule has 43 heavy (non-hydrogen) atoms. The number of aliphatic hydroxyl groups is 1. The van der Waals surface area contributed by atoms with Gasteiger partial charge in [-0.1, -0.05) is 6.07 Å². The van der Waals surface area contributed by atoms with E-state index in [9.17, 15) is 23.1 Å². The summed E-state index contributed by atoms with van der Waals surface area (Å²) in [5.74, 6) is -0.0856. The number of hydrogen-bond acceptors (Lipinski definition) is 8. The number of rotatable bonds is 10. The van der Waals surface area contributed by atoms with Gasteiger partial charge in [-0.05, 0) is 74.3 Å². The summed E-state index contributed by atoms with van der Waals surface area (Å²) in [6, 6.07) is 13.5. The summed E-state index contributed by atoms with van der Waals surface area (Å²) >= 11 is 0. The van der Waals surface area contributed by atoms with E-state index in [0.29, 0.717) is 23.7 Å². The van der Waals surface area contributed by atoms with Crippen molar-refractivity contribution in [3.8, 4) is 17.0 Å². The largest absolute Gasteiger partial charge is 0.492 e. The quantitative estimate of drug-likeness (QED) is 0.215. The van der Waals surface area contributed by atoms with Crippen LogP contribution in [0.2, 0.25) is 0 Å². The number of aryl methyl sites for hydroxylation is 1. The molecule has 3 heterocycles. The zero-order valence-electron chi connectivity index (χ0n) is 23.4. The second kappa shape index (κ2) is 13.2. The van der Waals surface area contributed by atoms with Crippen LogP contribution in [0.25, 0.3) is 11.3 Å². The number of nitrogens with zero attached hydrogens (tertiary/aromatic N) is 4. The molecule has 0 bridgehead atoms. The van der Waals surface area contributed by atoms with Crippen molar-refractivity contribution in [1.82, 2.24) is 19.9 Å². The van der Waals surface area contributed by atoms with Crippen molar-refractivity contribution in [1.29, 1.82) is 0 Å². The van der Waals surface area contributed by atoms with Crippen LogP contribution >= 0.6 is 0 Å². The molecular weight excluding hydrogens is 561 g/mol. The average Bonchev–Trinajstić information content (AvgIpc) is 3.46. The number of carbonyl (C=O) groups is 1. The van der Waals surface area contributed by atoms with Crippen molar-refractivity contribution >= 4 is 23.1 Å². The molecule has 0 unspecified atom stereocenters. The van der Waals surface area contributed by atoms with Crippen molar-refractivity contribution in [2.24, 2.45) is 0 Å². The number of likely N-dealkylation sites (tertiary alicyclic amines) is 1. The Hall–Kier alpha value is -4.55. The van der Waals surface area contributed by atoms with E-state index in [1.807, 2.05) is 13.0 Å². The molecule has 1 aliphatic rings. The minimum absolute atomic E-state index is 0.0106. The van der Waals surface area contributed by atoms with Crippen LogP contribution in [0.4, 0.5) is 30.4 Å². The molecule has 5 rings (SSSR count). The number of carbonyl (C=O) groups excluding carboxylic acids is 1. The lowest BCUT2D eigenvalue weighted by molar-refractivity contribution is -0.137. The normalized spacial score (nSPS) is 15.3. The molecule has 4 aromatic rings. The van der Waals surface area contributed by atoms with Crippen LogP contribution in [0.5, 0.6) is 5.75 Å². The van der Waals surface area contributed by atoms with Gasteiger partial charge >= 0.3 is 6.18 Å². The maximum atomic E-state index is 13.7. The maximum Gasteiger partial charge on any atom is 0.416 e. The molecule has 0 aliphatic carbocycles. The maximum absolute atomic E-state index is 13.7. The first-order valence-electron chi connectivity index (χ1n) is 13.8. The van der Waals surface area contributed by atoms with Gasteiger partial charge in [-0.2, -0.15) is 13.2 Å². The van der Waals surface area contributed by atoms with Gasteiger partial charge in [0, 0.05) is 53.5 Å². The van der Waals surface area contributed by atoms with Gasteiger partial charge in [0.1, 0.15) is 24.5 Å². The fraction of sp³-hybridized carbons (Fsp3) is 0.290. The van der Waals surface area contributed by atoms with Crippen molar-refractivity contribution in [2.45, 2.75) is 32.0 Å². The smallest absolute Gasteiger partial charge is 0.416 e. The third-order valence-corrected chi connectivity index (χ3v) is 7.27. The Kier molecular flexibility index (Phi) is 9.17. The summed E-state index contributed by atoms with van der Waals surface area (Å²) in [7, 11) is 0. The first-order valence-corrected chi connectivity index (χ1v) is 13.8. The molecule has 2 aromatic heterocycles. The number of alkyl halides is 3. The molecule has 0 saturated carbocycles. The van der Waals surface area contributed by atoms with Crippen LogP contribution in [-0.4, -0.2) is 63.2 Å². The zero-order valence-corrected chi connectivity index (χ0v) is 23.4. The lowest BCUT2D eigenvalue weighted by Crippen LogP contribution is -2.35. The first kappa shape index (κ1) is 29.9. The average molecular weight is 593 g/mol. The van der Waals surface area contributed by atoms with Crippen LogP contribution in [-0.2, 0) is 6.18 Å². The number of aromatic nitrogens is 3.